The van der Waals surface area contributed by atoms with E-state index >= 15 is 0 Å². The van der Waals surface area contributed by atoms with Crippen LogP contribution in [0.4, 0.5) is 0 Å². The highest BCUT2D eigenvalue weighted by atomic mass is 32.1. The lowest BCUT2D eigenvalue weighted by Crippen LogP contribution is -2.39. The molecule has 4 rings (SSSR count). The molecule has 0 unspecified atom stereocenters. The van der Waals surface area contributed by atoms with Crippen LogP contribution in [0.1, 0.15) is 36.6 Å². The third kappa shape index (κ3) is 3.66. The van der Waals surface area contributed by atoms with E-state index in [0.29, 0.717) is 20.6 Å². The van der Waals surface area contributed by atoms with E-state index in [-0.39, 0.29) is 12.2 Å². The minimum Gasteiger partial charge on any atom is -0.463 e. The highest BCUT2D eigenvalue weighted by Crippen LogP contribution is 2.30. The summed E-state index contributed by atoms with van der Waals surface area (Å²) >= 11 is 1.33. The van der Waals surface area contributed by atoms with Crippen LogP contribution in [0.3, 0.4) is 0 Å². The number of aromatic nitrogens is 1. The third-order valence-electron chi connectivity index (χ3n) is 5.01. The third-order valence-corrected chi connectivity index (χ3v) is 5.99. The number of allylic oxidation sites excluding steroid dienone is 1. The van der Waals surface area contributed by atoms with Crippen LogP contribution in [0.2, 0.25) is 0 Å². The van der Waals surface area contributed by atoms with E-state index < -0.39 is 12.0 Å². The second-order valence-corrected chi connectivity index (χ2v) is 8.13. The van der Waals surface area contributed by atoms with Crippen molar-refractivity contribution in [1.82, 2.24) is 4.57 Å². The molecule has 2 heterocycles. The van der Waals surface area contributed by atoms with E-state index in [1.807, 2.05) is 67.6 Å². The number of ether oxygens (including phenoxy) is 1. The van der Waals surface area contributed by atoms with E-state index in [1.54, 1.807) is 18.4 Å². The highest BCUT2D eigenvalue weighted by molar-refractivity contribution is 7.07. The van der Waals surface area contributed by atoms with Crippen LogP contribution in [0.5, 0.6) is 0 Å². The van der Waals surface area contributed by atoms with Crippen molar-refractivity contribution >= 4 is 23.4 Å². The van der Waals surface area contributed by atoms with Crippen molar-refractivity contribution in [2.45, 2.75) is 26.8 Å². The summed E-state index contributed by atoms with van der Waals surface area (Å²) in [4.78, 5) is 31.4. The average Bonchev–Trinajstić information content (AvgIpc) is 3.03. The first kappa shape index (κ1) is 20.0. The number of carbonyl (C=O) groups is 1. The van der Waals surface area contributed by atoms with Crippen LogP contribution in [0.25, 0.3) is 6.08 Å². The van der Waals surface area contributed by atoms with Crippen LogP contribution >= 0.6 is 11.3 Å². The van der Waals surface area contributed by atoms with Crippen molar-refractivity contribution in [1.29, 1.82) is 0 Å². The van der Waals surface area contributed by atoms with Gasteiger partial charge in [-0.1, -0.05) is 71.5 Å². The average molecular weight is 419 g/mol. The van der Waals surface area contributed by atoms with Gasteiger partial charge in [-0.2, -0.15) is 0 Å². The molecule has 6 heteroatoms. The SMILES string of the molecule is CCOC(=O)C1=C(C)N=c2s/c(=C\c3ccccc3)c(=O)n2[C@@H]1c1ccc(C)cc1. The Hall–Kier alpha value is -3.25. The quantitative estimate of drug-likeness (QED) is 0.612. The highest BCUT2D eigenvalue weighted by Gasteiger charge is 2.33. The van der Waals surface area contributed by atoms with Gasteiger partial charge in [-0.15, -0.1) is 0 Å². The molecule has 3 aromatic rings. The fraction of sp³-hybridized carbons (Fsp3) is 0.208. The van der Waals surface area contributed by atoms with Crippen LogP contribution in [0.15, 0.2) is 75.7 Å². The van der Waals surface area contributed by atoms with Gasteiger partial charge in [-0.3, -0.25) is 9.36 Å². The number of hydrogen-bond acceptors (Lipinski definition) is 5. The van der Waals surface area contributed by atoms with E-state index in [4.69, 9.17) is 4.74 Å². The molecule has 1 aliphatic heterocycles. The summed E-state index contributed by atoms with van der Waals surface area (Å²) in [7, 11) is 0. The van der Waals surface area contributed by atoms with Gasteiger partial charge in [-0.25, -0.2) is 9.79 Å². The summed E-state index contributed by atoms with van der Waals surface area (Å²) in [5.41, 5.74) is 3.71. The molecule has 1 aliphatic rings. The van der Waals surface area contributed by atoms with E-state index in [1.165, 1.54) is 11.3 Å². The van der Waals surface area contributed by atoms with E-state index in [9.17, 15) is 9.59 Å². The maximum absolute atomic E-state index is 13.4. The fourth-order valence-electron chi connectivity index (χ4n) is 3.56. The first-order valence-electron chi connectivity index (χ1n) is 9.81. The Kier molecular flexibility index (Phi) is 5.50. The number of nitrogens with zero attached hydrogens (tertiary/aromatic N) is 2. The minimum atomic E-state index is -0.571. The Balaban J connectivity index is 1.96. The summed E-state index contributed by atoms with van der Waals surface area (Å²) in [6.07, 6.45) is 1.86. The van der Waals surface area contributed by atoms with Crippen LogP contribution < -0.4 is 14.9 Å². The number of fused-ring (bicyclic) bond motifs is 1. The Morgan fingerprint density at radius 2 is 1.83 bits per heavy atom. The van der Waals surface area contributed by atoms with Gasteiger partial charge < -0.3 is 4.74 Å². The summed E-state index contributed by atoms with van der Waals surface area (Å²) < 4.78 is 7.50. The van der Waals surface area contributed by atoms with Gasteiger partial charge in [0.2, 0.25) is 0 Å². The molecule has 0 saturated heterocycles. The number of hydrogen-bond donors (Lipinski definition) is 0. The molecular formula is C24H22N2O3S. The van der Waals surface area contributed by atoms with Crippen molar-refractivity contribution < 1.29 is 9.53 Å². The standard InChI is InChI=1S/C24H22N2O3S/c1-4-29-23(28)20-16(3)25-24-26(21(20)18-12-10-15(2)11-13-18)22(27)19(30-24)14-17-8-6-5-7-9-17/h5-14,21H,4H2,1-3H3/b19-14-/t21-/m1/s1. The summed E-state index contributed by atoms with van der Waals surface area (Å²) in [6.45, 7) is 5.82. The predicted octanol–water partition coefficient (Wildman–Crippen LogP) is 3.11. The second-order valence-electron chi connectivity index (χ2n) is 7.12. The zero-order chi connectivity index (χ0) is 21.3. The number of rotatable bonds is 4. The monoisotopic (exact) mass is 418 g/mol. The van der Waals surface area contributed by atoms with Gasteiger partial charge >= 0.3 is 5.97 Å². The smallest absolute Gasteiger partial charge is 0.338 e. The molecule has 1 atom stereocenters. The maximum atomic E-state index is 13.4. The molecule has 2 aromatic carbocycles. The number of esters is 1. The van der Waals surface area contributed by atoms with Crippen LogP contribution in [-0.4, -0.2) is 17.1 Å². The van der Waals surface area contributed by atoms with Crippen molar-refractivity contribution in [2.24, 2.45) is 4.99 Å². The lowest BCUT2D eigenvalue weighted by Gasteiger charge is -2.24. The van der Waals surface area contributed by atoms with Crippen molar-refractivity contribution in [3.05, 3.63) is 102 Å². The first-order chi connectivity index (χ1) is 14.5. The number of carbonyl (C=O) groups excluding carboxylic acids is 1. The molecule has 0 saturated carbocycles. The lowest BCUT2D eigenvalue weighted by molar-refractivity contribution is -0.139. The molecule has 0 spiro atoms. The topological polar surface area (TPSA) is 60.7 Å². The molecular weight excluding hydrogens is 396 g/mol. The normalized spacial score (nSPS) is 16.2. The molecule has 30 heavy (non-hydrogen) atoms. The molecule has 0 aliphatic carbocycles. The molecule has 0 amide bonds. The van der Waals surface area contributed by atoms with Gasteiger partial charge in [0.15, 0.2) is 4.80 Å². The second kappa shape index (κ2) is 8.24. The molecule has 0 bridgehead atoms. The molecule has 1 aromatic heterocycles. The number of thiazole rings is 1. The maximum Gasteiger partial charge on any atom is 0.338 e. The van der Waals surface area contributed by atoms with Gasteiger partial charge in [0.25, 0.3) is 5.56 Å². The van der Waals surface area contributed by atoms with Crippen LogP contribution in [0, 0.1) is 6.92 Å². The van der Waals surface area contributed by atoms with Gasteiger partial charge in [0.05, 0.1) is 28.5 Å². The first-order valence-corrected chi connectivity index (χ1v) is 10.6. The summed E-state index contributed by atoms with van der Waals surface area (Å²) in [5.74, 6) is -0.443. The van der Waals surface area contributed by atoms with Crippen LogP contribution in [-0.2, 0) is 9.53 Å². The summed E-state index contributed by atoms with van der Waals surface area (Å²) in [6, 6.07) is 17.0. The van der Waals surface area contributed by atoms with E-state index in [2.05, 4.69) is 4.99 Å². The zero-order valence-electron chi connectivity index (χ0n) is 17.1. The fourth-order valence-corrected chi connectivity index (χ4v) is 4.60. The van der Waals surface area contributed by atoms with Crippen molar-refractivity contribution in [3.63, 3.8) is 0 Å². The Bertz CT molecular complexity index is 1300. The zero-order valence-corrected chi connectivity index (χ0v) is 17.9. The van der Waals surface area contributed by atoms with Gasteiger partial charge in [0, 0.05) is 0 Å². The number of benzene rings is 2. The summed E-state index contributed by atoms with van der Waals surface area (Å²) in [5, 5.41) is 0. The molecule has 0 radical (unpaired) electrons. The number of aryl methyl sites for hydroxylation is 1. The molecule has 0 N–H and O–H groups in total. The van der Waals surface area contributed by atoms with Crippen molar-refractivity contribution in [3.8, 4) is 0 Å². The van der Waals surface area contributed by atoms with E-state index in [0.717, 1.165) is 16.7 Å². The Morgan fingerprint density at radius 1 is 1.13 bits per heavy atom. The molecule has 152 valence electrons. The predicted molar refractivity (Wildman–Crippen MR) is 118 cm³/mol. The minimum absolute atomic E-state index is 0.164. The Labute approximate surface area is 178 Å². The lowest BCUT2D eigenvalue weighted by atomic mass is 9.95. The molecule has 5 nitrogen and oxygen atoms in total. The Morgan fingerprint density at radius 3 is 2.50 bits per heavy atom. The van der Waals surface area contributed by atoms with Crippen molar-refractivity contribution in [2.75, 3.05) is 6.61 Å². The molecule has 0 fully saturated rings. The van der Waals surface area contributed by atoms with Gasteiger partial charge in [0.1, 0.15) is 0 Å². The largest absolute Gasteiger partial charge is 0.463 e. The van der Waals surface area contributed by atoms with Gasteiger partial charge in [-0.05, 0) is 38.0 Å².